The zero-order chi connectivity index (χ0) is 22.7. The van der Waals surface area contributed by atoms with E-state index >= 15 is 0 Å². The molecule has 2 unspecified atom stereocenters. The van der Waals surface area contributed by atoms with Gasteiger partial charge in [-0.2, -0.15) is 0 Å². The normalized spacial score (nSPS) is 16.9. The third kappa shape index (κ3) is 4.18. The molecule has 1 N–H and O–H groups in total. The molecule has 2 heteroatoms. The summed E-state index contributed by atoms with van der Waals surface area (Å²) in [5.74, 6) is 0.284. The van der Waals surface area contributed by atoms with Crippen LogP contribution in [0, 0.1) is 0 Å². The summed E-state index contributed by atoms with van der Waals surface area (Å²) in [4.78, 5) is 1.45. The molecule has 1 aromatic heterocycles. The van der Waals surface area contributed by atoms with Gasteiger partial charge in [0.15, 0.2) is 0 Å². The van der Waals surface area contributed by atoms with Crippen molar-refractivity contribution in [3.63, 3.8) is 0 Å². The van der Waals surface area contributed by atoms with Gasteiger partial charge in [0.1, 0.15) is 0 Å². The van der Waals surface area contributed by atoms with Crippen LogP contribution in [0.1, 0.15) is 33.0 Å². The van der Waals surface area contributed by atoms with Crippen molar-refractivity contribution in [1.29, 1.82) is 0 Å². The fraction of sp³-hybridized carbons (Fsp3) is 0.125. The molecule has 1 aliphatic carbocycles. The zero-order valence-electron chi connectivity index (χ0n) is 19.0. The molecule has 6 rings (SSSR count). The Kier molecular flexibility index (Phi) is 5.74. The van der Waals surface area contributed by atoms with E-state index in [1.54, 1.807) is 0 Å². The molecule has 5 aromatic rings. The predicted molar refractivity (Wildman–Crippen MR) is 147 cm³/mol. The highest BCUT2D eigenvalue weighted by atomic mass is 32.1. The molecular weight excluding hydrogens is 430 g/mol. The summed E-state index contributed by atoms with van der Waals surface area (Å²) >= 11 is 1.93. The lowest BCUT2D eigenvalue weighted by Crippen LogP contribution is -2.28. The van der Waals surface area contributed by atoms with Gasteiger partial charge < -0.3 is 5.32 Å². The number of nitrogens with one attached hydrogen (secondary N) is 1. The molecule has 0 amide bonds. The summed E-state index contributed by atoms with van der Waals surface area (Å²) in [6.45, 7) is 0. The maximum absolute atomic E-state index is 3.87. The van der Waals surface area contributed by atoms with Gasteiger partial charge in [-0.05, 0) is 58.7 Å². The number of hydrogen-bond acceptors (Lipinski definition) is 2. The number of fused-ring (bicyclic) bond motifs is 3. The second kappa shape index (κ2) is 9.32. The second-order valence-corrected chi connectivity index (χ2v) is 10.1. The van der Waals surface area contributed by atoms with E-state index < -0.39 is 0 Å². The van der Waals surface area contributed by atoms with E-state index in [2.05, 4.69) is 127 Å². The first-order valence-corrected chi connectivity index (χ1v) is 12.8. The number of anilines is 1. The van der Waals surface area contributed by atoms with Crippen molar-refractivity contribution in [3.8, 4) is 0 Å². The second-order valence-electron chi connectivity index (χ2n) is 8.98. The Balaban J connectivity index is 1.30. The van der Waals surface area contributed by atoms with Gasteiger partial charge in [-0.25, -0.2) is 0 Å². The third-order valence-corrected chi connectivity index (χ3v) is 8.01. The third-order valence-electron chi connectivity index (χ3n) is 6.74. The first-order chi connectivity index (χ1) is 16.8. The molecule has 1 aliphatic rings. The van der Waals surface area contributed by atoms with Gasteiger partial charge in [0.2, 0.25) is 0 Å². The first-order valence-electron chi connectivity index (χ1n) is 12.0. The van der Waals surface area contributed by atoms with Crippen molar-refractivity contribution < 1.29 is 0 Å². The molecule has 0 aliphatic heterocycles. The van der Waals surface area contributed by atoms with Crippen LogP contribution >= 0.6 is 11.3 Å². The van der Waals surface area contributed by atoms with E-state index in [1.807, 2.05) is 11.3 Å². The van der Waals surface area contributed by atoms with Crippen LogP contribution in [0.3, 0.4) is 0 Å². The molecule has 0 radical (unpaired) electrons. The molecule has 0 saturated carbocycles. The van der Waals surface area contributed by atoms with Crippen LogP contribution in [0.5, 0.6) is 0 Å². The molecular formula is C32H27NS. The van der Waals surface area contributed by atoms with Crippen molar-refractivity contribution in [2.45, 2.75) is 24.8 Å². The highest BCUT2D eigenvalue weighted by molar-refractivity contribution is 7.19. The topological polar surface area (TPSA) is 12.0 Å². The van der Waals surface area contributed by atoms with Crippen LogP contribution in [-0.4, -0.2) is 6.04 Å². The summed E-state index contributed by atoms with van der Waals surface area (Å²) in [5, 5.41) is 5.24. The summed E-state index contributed by atoms with van der Waals surface area (Å²) < 4.78 is 1.36. The van der Waals surface area contributed by atoms with Gasteiger partial charge in [-0.1, -0.05) is 103 Å². The number of hydrogen-bond donors (Lipinski definition) is 1. The largest absolute Gasteiger partial charge is 0.378 e. The van der Waals surface area contributed by atoms with Crippen LogP contribution < -0.4 is 5.32 Å². The van der Waals surface area contributed by atoms with Gasteiger partial charge in [-0.15, -0.1) is 11.3 Å². The van der Waals surface area contributed by atoms with Crippen LogP contribution in [0.15, 0.2) is 115 Å². The Labute approximate surface area is 205 Å². The van der Waals surface area contributed by atoms with Crippen LogP contribution in [0.25, 0.3) is 16.2 Å². The first kappa shape index (κ1) is 20.9. The fourth-order valence-corrected chi connectivity index (χ4v) is 6.42. The molecule has 0 bridgehead atoms. The summed E-state index contributed by atoms with van der Waals surface area (Å²) in [6.07, 6.45) is 6.79. The molecule has 1 nitrogen and oxygen atoms in total. The van der Waals surface area contributed by atoms with E-state index in [0.29, 0.717) is 0 Å². The van der Waals surface area contributed by atoms with Crippen molar-refractivity contribution in [2.24, 2.45) is 0 Å². The van der Waals surface area contributed by atoms with Gasteiger partial charge >= 0.3 is 0 Å². The van der Waals surface area contributed by atoms with Crippen LogP contribution in [0.4, 0.5) is 5.69 Å². The SMILES string of the molecule is C1=CC(Nc2cccc(CCc3ccccc3)c2)C(c2ccccc2)c2sc3ccccc3c21. The molecule has 2 atom stereocenters. The molecule has 0 fully saturated rings. The average Bonchev–Trinajstić information content (AvgIpc) is 3.27. The van der Waals surface area contributed by atoms with E-state index in [-0.39, 0.29) is 12.0 Å². The molecule has 166 valence electrons. The highest BCUT2D eigenvalue weighted by Crippen LogP contribution is 2.44. The molecule has 1 heterocycles. The smallest absolute Gasteiger partial charge is 0.0565 e. The standard InChI is InChI=1S/C32H27NS/c1-3-10-23(11-4-1)18-19-24-12-9-15-26(22-24)33-29-21-20-28-27-16-7-8-17-30(27)34-32(28)31(29)25-13-5-2-6-14-25/h1-17,20-22,29,31,33H,18-19H2. The zero-order valence-corrected chi connectivity index (χ0v) is 19.8. The van der Waals surface area contributed by atoms with E-state index in [1.165, 1.54) is 42.9 Å². The van der Waals surface area contributed by atoms with Crippen molar-refractivity contribution in [1.82, 2.24) is 0 Å². The Morgan fingerprint density at radius 1 is 0.676 bits per heavy atom. The van der Waals surface area contributed by atoms with Gasteiger partial charge in [0.25, 0.3) is 0 Å². The Bertz CT molecular complexity index is 1430. The van der Waals surface area contributed by atoms with E-state index in [4.69, 9.17) is 0 Å². The van der Waals surface area contributed by atoms with Crippen molar-refractivity contribution in [2.75, 3.05) is 5.32 Å². The number of thiophene rings is 1. The van der Waals surface area contributed by atoms with E-state index in [0.717, 1.165) is 12.8 Å². The Hall–Kier alpha value is -3.62. The Morgan fingerprint density at radius 3 is 2.24 bits per heavy atom. The predicted octanol–water partition coefficient (Wildman–Crippen LogP) is 8.33. The molecule has 0 spiro atoms. The van der Waals surface area contributed by atoms with Gasteiger partial charge in [0, 0.05) is 21.2 Å². The summed E-state index contributed by atoms with van der Waals surface area (Å²) in [7, 11) is 0. The molecule has 0 saturated heterocycles. The average molecular weight is 458 g/mol. The van der Waals surface area contributed by atoms with E-state index in [9.17, 15) is 0 Å². The number of aryl methyl sites for hydroxylation is 2. The monoisotopic (exact) mass is 457 g/mol. The maximum Gasteiger partial charge on any atom is 0.0565 e. The quantitative estimate of drug-likeness (QED) is 0.270. The lowest BCUT2D eigenvalue weighted by atomic mass is 9.83. The minimum Gasteiger partial charge on any atom is -0.378 e. The summed E-state index contributed by atoms with van der Waals surface area (Å²) in [5.41, 5.74) is 6.68. The number of benzene rings is 4. The van der Waals surface area contributed by atoms with Crippen LogP contribution in [-0.2, 0) is 12.8 Å². The van der Waals surface area contributed by atoms with Crippen molar-refractivity contribution >= 4 is 33.2 Å². The van der Waals surface area contributed by atoms with Crippen LogP contribution in [0.2, 0.25) is 0 Å². The number of rotatable bonds is 6. The van der Waals surface area contributed by atoms with Gasteiger partial charge in [-0.3, -0.25) is 0 Å². The van der Waals surface area contributed by atoms with Crippen molar-refractivity contribution in [3.05, 3.63) is 142 Å². The lowest BCUT2D eigenvalue weighted by Gasteiger charge is -2.30. The van der Waals surface area contributed by atoms with Gasteiger partial charge in [0.05, 0.1) is 6.04 Å². The molecule has 34 heavy (non-hydrogen) atoms. The lowest BCUT2D eigenvalue weighted by molar-refractivity contribution is 0.746. The minimum atomic E-state index is 0.201. The minimum absolute atomic E-state index is 0.201. The molecule has 4 aromatic carbocycles. The maximum atomic E-state index is 3.87. The Morgan fingerprint density at radius 2 is 1.38 bits per heavy atom. The highest BCUT2D eigenvalue weighted by Gasteiger charge is 2.30. The fourth-order valence-electron chi connectivity index (χ4n) is 5.05. The summed E-state index contributed by atoms with van der Waals surface area (Å²) in [6, 6.07) is 39.6.